The fourth-order valence-corrected chi connectivity index (χ4v) is 4.92. The number of likely N-dealkylation sites (tertiary alicyclic amines) is 1. The highest BCUT2D eigenvalue weighted by Crippen LogP contribution is 2.22. The standard InChI is InChI=1S/C23H33N5OS/c1-18-24-22(17-30-18)16-27-8-6-20(7-9-27)23(29)25-21-5-3-4-19(14-21)15-28-12-10-26(2)11-13-28/h3-5,14,17,20H,6-13,15-16H2,1-2H3,(H,25,29). The van der Waals surface area contributed by atoms with Crippen LogP contribution >= 0.6 is 11.3 Å². The Hall–Kier alpha value is -1.80. The van der Waals surface area contributed by atoms with E-state index in [1.54, 1.807) is 11.3 Å². The van der Waals surface area contributed by atoms with Crippen LogP contribution in [-0.2, 0) is 17.9 Å². The van der Waals surface area contributed by atoms with Crippen molar-refractivity contribution in [2.75, 3.05) is 51.6 Å². The van der Waals surface area contributed by atoms with Gasteiger partial charge in [0.15, 0.2) is 0 Å². The molecule has 1 N–H and O–H groups in total. The summed E-state index contributed by atoms with van der Waals surface area (Å²) in [7, 11) is 2.18. The predicted octanol–water partition coefficient (Wildman–Crippen LogP) is 3.05. The fourth-order valence-electron chi connectivity index (χ4n) is 4.32. The Kier molecular flexibility index (Phi) is 7.15. The molecular weight excluding hydrogens is 394 g/mol. The summed E-state index contributed by atoms with van der Waals surface area (Å²) in [4.78, 5) is 24.6. The van der Waals surface area contributed by atoms with Crippen molar-refractivity contribution in [3.05, 3.63) is 45.9 Å². The van der Waals surface area contributed by atoms with E-state index in [1.807, 2.05) is 13.0 Å². The molecule has 0 atom stereocenters. The molecule has 0 unspecified atom stereocenters. The van der Waals surface area contributed by atoms with Crippen LogP contribution in [0.4, 0.5) is 5.69 Å². The first-order chi connectivity index (χ1) is 14.5. The molecule has 2 aromatic rings. The second kappa shape index (κ2) is 10.0. The summed E-state index contributed by atoms with van der Waals surface area (Å²) in [5.41, 5.74) is 3.34. The first kappa shape index (κ1) is 21.4. The first-order valence-corrected chi connectivity index (χ1v) is 11.9. The molecular formula is C23H33N5OS. The second-order valence-corrected chi connectivity index (χ2v) is 9.74. The normalized spacial score (nSPS) is 19.8. The van der Waals surface area contributed by atoms with E-state index in [2.05, 4.69) is 55.6 Å². The highest BCUT2D eigenvalue weighted by Gasteiger charge is 2.25. The number of nitrogens with one attached hydrogen (secondary N) is 1. The van der Waals surface area contributed by atoms with E-state index in [0.717, 1.165) is 81.6 Å². The summed E-state index contributed by atoms with van der Waals surface area (Å²) >= 11 is 1.70. The number of hydrogen-bond acceptors (Lipinski definition) is 6. The van der Waals surface area contributed by atoms with Crippen molar-refractivity contribution < 1.29 is 4.79 Å². The molecule has 0 spiro atoms. The van der Waals surface area contributed by atoms with E-state index in [9.17, 15) is 4.79 Å². The highest BCUT2D eigenvalue weighted by molar-refractivity contribution is 7.09. The number of anilines is 1. The quantitative estimate of drug-likeness (QED) is 0.768. The van der Waals surface area contributed by atoms with Crippen molar-refractivity contribution in [2.45, 2.75) is 32.9 Å². The Morgan fingerprint density at radius 1 is 1.10 bits per heavy atom. The number of aryl methyl sites for hydroxylation is 1. The minimum absolute atomic E-state index is 0.0970. The van der Waals surface area contributed by atoms with Crippen LogP contribution in [0.15, 0.2) is 29.6 Å². The van der Waals surface area contributed by atoms with E-state index in [-0.39, 0.29) is 11.8 Å². The molecule has 2 aliphatic rings. The zero-order valence-electron chi connectivity index (χ0n) is 18.1. The Morgan fingerprint density at radius 3 is 2.53 bits per heavy atom. The van der Waals surface area contributed by atoms with Crippen molar-refractivity contribution in [1.29, 1.82) is 0 Å². The molecule has 2 aliphatic heterocycles. The van der Waals surface area contributed by atoms with E-state index in [0.29, 0.717) is 0 Å². The minimum atomic E-state index is 0.0970. The molecule has 1 amide bonds. The van der Waals surface area contributed by atoms with Crippen LogP contribution in [0.25, 0.3) is 0 Å². The lowest BCUT2D eigenvalue weighted by Gasteiger charge is -2.32. The van der Waals surface area contributed by atoms with E-state index in [4.69, 9.17) is 0 Å². The summed E-state index contributed by atoms with van der Waals surface area (Å²) < 4.78 is 0. The van der Waals surface area contributed by atoms with Crippen molar-refractivity contribution >= 4 is 22.9 Å². The van der Waals surface area contributed by atoms with Gasteiger partial charge in [0.2, 0.25) is 5.91 Å². The van der Waals surface area contributed by atoms with Crippen LogP contribution < -0.4 is 5.32 Å². The van der Waals surface area contributed by atoms with Crippen LogP contribution in [-0.4, -0.2) is 71.9 Å². The van der Waals surface area contributed by atoms with Crippen molar-refractivity contribution in [3.63, 3.8) is 0 Å². The van der Waals surface area contributed by atoms with Gasteiger partial charge in [0.05, 0.1) is 10.7 Å². The molecule has 4 rings (SSSR count). The van der Waals surface area contributed by atoms with Gasteiger partial charge in [-0.05, 0) is 57.6 Å². The lowest BCUT2D eigenvalue weighted by molar-refractivity contribution is -0.121. The van der Waals surface area contributed by atoms with Crippen molar-refractivity contribution in [2.24, 2.45) is 5.92 Å². The number of thiazole rings is 1. The van der Waals surface area contributed by atoms with Crippen LogP contribution in [0, 0.1) is 12.8 Å². The molecule has 162 valence electrons. The smallest absolute Gasteiger partial charge is 0.227 e. The molecule has 7 heteroatoms. The van der Waals surface area contributed by atoms with Gasteiger partial charge in [0.25, 0.3) is 0 Å². The maximum absolute atomic E-state index is 12.8. The molecule has 1 aromatic heterocycles. The van der Waals surface area contributed by atoms with E-state index in [1.165, 1.54) is 5.56 Å². The SMILES string of the molecule is Cc1nc(CN2CCC(C(=O)Nc3cccc(CN4CCN(C)CC4)c3)CC2)cs1. The van der Waals surface area contributed by atoms with Gasteiger partial charge < -0.3 is 10.2 Å². The molecule has 2 saturated heterocycles. The highest BCUT2D eigenvalue weighted by atomic mass is 32.1. The number of nitrogens with zero attached hydrogens (tertiary/aromatic N) is 4. The molecule has 0 bridgehead atoms. The number of aromatic nitrogens is 1. The Bertz CT molecular complexity index is 838. The average molecular weight is 428 g/mol. The number of piperidine rings is 1. The number of carbonyl (C=O) groups excluding carboxylic acids is 1. The Balaban J connectivity index is 1.25. The topological polar surface area (TPSA) is 51.7 Å². The molecule has 0 aliphatic carbocycles. The number of carbonyl (C=O) groups is 1. The van der Waals surface area contributed by atoms with Gasteiger partial charge in [0.1, 0.15) is 0 Å². The number of amides is 1. The van der Waals surface area contributed by atoms with E-state index >= 15 is 0 Å². The molecule has 6 nitrogen and oxygen atoms in total. The van der Waals surface area contributed by atoms with Crippen molar-refractivity contribution in [3.8, 4) is 0 Å². The number of benzene rings is 1. The monoisotopic (exact) mass is 427 g/mol. The average Bonchev–Trinajstić information content (AvgIpc) is 3.15. The molecule has 2 fully saturated rings. The Morgan fingerprint density at radius 2 is 1.83 bits per heavy atom. The van der Waals surface area contributed by atoms with Crippen molar-refractivity contribution in [1.82, 2.24) is 19.7 Å². The summed E-state index contributed by atoms with van der Waals surface area (Å²) in [6.07, 6.45) is 1.83. The molecule has 1 aromatic carbocycles. The van der Waals surface area contributed by atoms with Crippen LogP contribution in [0.2, 0.25) is 0 Å². The molecule has 0 saturated carbocycles. The molecule has 0 radical (unpaired) electrons. The maximum atomic E-state index is 12.8. The van der Waals surface area contributed by atoms with Crippen LogP contribution in [0.5, 0.6) is 0 Å². The Labute approximate surface area is 183 Å². The summed E-state index contributed by atoms with van der Waals surface area (Å²) in [5.74, 6) is 0.260. The second-order valence-electron chi connectivity index (χ2n) is 8.68. The lowest BCUT2D eigenvalue weighted by atomic mass is 9.95. The third-order valence-electron chi connectivity index (χ3n) is 6.21. The van der Waals surface area contributed by atoms with Crippen LogP contribution in [0.1, 0.15) is 29.1 Å². The van der Waals surface area contributed by atoms with Gasteiger partial charge in [-0.25, -0.2) is 4.98 Å². The maximum Gasteiger partial charge on any atom is 0.227 e. The largest absolute Gasteiger partial charge is 0.326 e. The predicted molar refractivity (Wildman–Crippen MR) is 123 cm³/mol. The number of piperazine rings is 1. The van der Waals surface area contributed by atoms with Gasteiger partial charge in [-0.2, -0.15) is 0 Å². The number of likely N-dealkylation sites (N-methyl/N-ethyl adjacent to an activating group) is 1. The van der Waals surface area contributed by atoms with Crippen LogP contribution in [0.3, 0.4) is 0 Å². The molecule has 3 heterocycles. The lowest BCUT2D eigenvalue weighted by Crippen LogP contribution is -2.43. The summed E-state index contributed by atoms with van der Waals surface area (Å²) in [6, 6.07) is 8.35. The zero-order chi connectivity index (χ0) is 20.9. The van der Waals surface area contributed by atoms with E-state index < -0.39 is 0 Å². The fraction of sp³-hybridized carbons (Fsp3) is 0.565. The van der Waals surface area contributed by atoms with Gasteiger partial charge >= 0.3 is 0 Å². The van der Waals surface area contributed by atoms with Gasteiger partial charge in [-0.1, -0.05) is 12.1 Å². The van der Waals surface area contributed by atoms with Gasteiger partial charge in [0, 0.05) is 56.3 Å². The first-order valence-electron chi connectivity index (χ1n) is 11.0. The number of hydrogen-bond donors (Lipinski definition) is 1. The molecule has 30 heavy (non-hydrogen) atoms. The van der Waals surface area contributed by atoms with Gasteiger partial charge in [-0.15, -0.1) is 11.3 Å². The zero-order valence-corrected chi connectivity index (χ0v) is 19.0. The third kappa shape index (κ3) is 5.88. The summed E-state index contributed by atoms with van der Waals surface area (Å²) in [6.45, 7) is 10.3. The minimum Gasteiger partial charge on any atom is -0.326 e. The number of rotatable bonds is 6. The third-order valence-corrected chi connectivity index (χ3v) is 7.03. The van der Waals surface area contributed by atoms with Gasteiger partial charge in [-0.3, -0.25) is 14.6 Å². The summed E-state index contributed by atoms with van der Waals surface area (Å²) in [5, 5.41) is 6.43.